The van der Waals surface area contributed by atoms with Crippen LogP contribution in [0.4, 0.5) is 10.5 Å². The van der Waals surface area contributed by atoms with Crippen LogP contribution in [0.5, 0.6) is 0 Å². The van der Waals surface area contributed by atoms with Gasteiger partial charge in [-0.1, -0.05) is 86.6 Å². The Morgan fingerprint density at radius 1 is 0.800 bits per heavy atom. The predicted octanol–water partition coefficient (Wildman–Crippen LogP) is 7.92. The van der Waals surface area contributed by atoms with E-state index in [1.165, 1.54) is 27.8 Å². The van der Waals surface area contributed by atoms with Gasteiger partial charge in [0.1, 0.15) is 0 Å². The lowest BCUT2D eigenvalue weighted by Crippen LogP contribution is -2.45. The molecular formula is C32H40N2O. The molecule has 3 aromatic carbocycles. The van der Waals surface area contributed by atoms with Gasteiger partial charge in [0.15, 0.2) is 0 Å². The molecular weight excluding hydrogens is 428 g/mol. The first-order valence-electron chi connectivity index (χ1n) is 13.4. The summed E-state index contributed by atoms with van der Waals surface area (Å²) in [6.07, 6.45) is 7.08. The van der Waals surface area contributed by atoms with Gasteiger partial charge < -0.3 is 10.2 Å². The van der Waals surface area contributed by atoms with E-state index in [0.29, 0.717) is 5.92 Å². The third-order valence-electron chi connectivity index (χ3n) is 7.78. The van der Waals surface area contributed by atoms with Gasteiger partial charge in [-0.2, -0.15) is 0 Å². The number of hydrogen-bond donors (Lipinski definition) is 1. The molecule has 0 radical (unpaired) electrons. The van der Waals surface area contributed by atoms with Crippen molar-refractivity contribution in [3.8, 4) is 0 Å². The van der Waals surface area contributed by atoms with Crippen molar-refractivity contribution < 1.29 is 4.79 Å². The molecule has 1 aliphatic rings. The molecule has 3 heteroatoms. The Labute approximate surface area is 211 Å². The van der Waals surface area contributed by atoms with Crippen molar-refractivity contribution in [2.75, 3.05) is 11.9 Å². The fourth-order valence-corrected chi connectivity index (χ4v) is 5.61. The quantitative estimate of drug-likeness (QED) is 0.358. The van der Waals surface area contributed by atoms with Crippen molar-refractivity contribution in [3.05, 3.63) is 101 Å². The number of nitrogens with zero attached hydrogens (tertiary/aromatic N) is 1. The van der Waals surface area contributed by atoms with Crippen LogP contribution in [0.25, 0.3) is 0 Å². The summed E-state index contributed by atoms with van der Waals surface area (Å²) in [6, 6.07) is 26.1. The Morgan fingerprint density at radius 2 is 1.40 bits per heavy atom. The van der Waals surface area contributed by atoms with Crippen LogP contribution in [0.3, 0.4) is 0 Å². The molecule has 0 aliphatic heterocycles. The van der Waals surface area contributed by atoms with Crippen LogP contribution in [0, 0.1) is 6.92 Å². The number of benzene rings is 3. The van der Waals surface area contributed by atoms with Crippen molar-refractivity contribution in [1.29, 1.82) is 0 Å². The minimum absolute atomic E-state index is 0.0531. The van der Waals surface area contributed by atoms with Crippen LogP contribution in [0.2, 0.25) is 0 Å². The van der Waals surface area contributed by atoms with Gasteiger partial charge in [0, 0.05) is 18.3 Å². The summed E-state index contributed by atoms with van der Waals surface area (Å²) in [5.41, 5.74) is 7.50. The maximum atomic E-state index is 13.8. The lowest BCUT2D eigenvalue weighted by Gasteiger charge is -2.37. The SMILES string of the molecule is CCc1cccc(CC)c1NC(=O)N(CCc1ccccc1C)C1CCC(c2ccccc2)CC1. The third kappa shape index (κ3) is 6.14. The zero-order chi connectivity index (χ0) is 24.6. The maximum absolute atomic E-state index is 13.8. The summed E-state index contributed by atoms with van der Waals surface area (Å²) in [4.78, 5) is 16.0. The first-order chi connectivity index (χ1) is 17.1. The Kier molecular flexibility index (Phi) is 8.63. The summed E-state index contributed by atoms with van der Waals surface area (Å²) in [5, 5.41) is 3.36. The van der Waals surface area contributed by atoms with E-state index >= 15 is 0 Å². The Morgan fingerprint density at radius 3 is 2.03 bits per heavy atom. The molecule has 2 amide bonds. The van der Waals surface area contributed by atoms with E-state index in [1.807, 2.05) is 0 Å². The second-order valence-corrected chi connectivity index (χ2v) is 9.87. The van der Waals surface area contributed by atoms with Crippen molar-refractivity contribution in [2.45, 2.75) is 77.7 Å². The molecule has 0 spiro atoms. The number of rotatable bonds is 8. The topological polar surface area (TPSA) is 32.3 Å². The summed E-state index contributed by atoms with van der Waals surface area (Å²) < 4.78 is 0. The number of nitrogens with one attached hydrogen (secondary N) is 1. The highest BCUT2D eigenvalue weighted by Crippen LogP contribution is 2.35. The number of anilines is 1. The molecule has 0 saturated heterocycles. The average Bonchev–Trinajstić information content (AvgIpc) is 2.90. The van der Waals surface area contributed by atoms with Crippen molar-refractivity contribution in [1.82, 2.24) is 4.90 Å². The molecule has 0 atom stereocenters. The van der Waals surface area contributed by atoms with Gasteiger partial charge >= 0.3 is 6.03 Å². The Hall–Kier alpha value is -3.07. The number of aryl methyl sites for hydroxylation is 3. The highest BCUT2D eigenvalue weighted by molar-refractivity contribution is 5.91. The normalized spacial score (nSPS) is 17.7. The molecule has 0 unspecified atom stereocenters. The van der Waals surface area contributed by atoms with Gasteiger partial charge in [0.05, 0.1) is 0 Å². The predicted molar refractivity (Wildman–Crippen MR) is 147 cm³/mol. The van der Waals surface area contributed by atoms with E-state index < -0.39 is 0 Å². The van der Waals surface area contributed by atoms with Gasteiger partial charge in [-0.25, -0.2) is 4.79 Å². The van der Waals surface area contributed by atoms with Gasteiger partial charge in [-0.05, 0) is 85.6 Å². The van der Waals surface area contributed by atoms with E-state index in [2.05, 4.69) is 104 Å². The minimum Gasteiger partial charge on any atom is -0.321 e. The summed E-state index contributed by atoms with van der Waals surface area (Å²) in [6.45, 7) is 7.22. The fraction of sp³-hybridized carbons (Fsp3) is 0.406. The largest absolute Gasteiger partial charge is 0.322 e. The smallest absolute Gasteiger partial charge is 0.321 e. The molecule has 4 rings (SSSR count). The molecule has 1 saturated carbocycles. The molecule has 0 heterocycles. The van der Waals surface area contributed by atoms with Crippen LogP contribution in [0.1, 0.15) is 73.3 Å². The van der Waals surface area contributed by atoms with E-state index in [0.717, 1.165) is 57.2 Å². The highest BCUT2D eigenvalue weighted by Gasteiger charge is 2.30. The molecule has 0 aromatic heterocycles. The first kappa shape index (κ1) is 25.0. The molecule has 35 heavy (non-hydrogen) atoms. The molecule has 1 N–H and O–H groups in total. The van der Waals surface area contributed by atoms with Crippen LogP contribution in [0.15, 0.2) is 72.8 Å². The van der Waals surface area contributed by atoms with Gasteiger partial charge in [0.25, 0.3) is 0 Å². The van der Waals surface area contributed by atoms with E-state index in [4.69, 9.17) is 0 Å². The first-order valence-corrected chi connectivity index (χ1v) is 13.4. The zero-order valence-electron chi connectivity index (χ0n) is 21.6. The second-order valence-electron chi connectivity index (χ2n) is 9.87. The zero-order valence-corrected chi connectivity index (χ0v) is 21.6. The lowest BCUT2D eigenvalue weighted by molar-refractivity contribution is 0.163. The van der Waals surface area contributed by atoms with E-state index in [1.54, 1.807) is 0 Å². The maximum Gasteiger partial charge on any atom is 0.322 e. The van der Waals surface area contributed by atoms with Gasteiger partial charge in [-0.3, -0.25) is 0 Å². The number of amides is 2. The standard InChI is InChI=1S/C32H40N2O/c1-4-25-16-11-17-26(5-2)31(25)33-32(35)34(23-22-27-13-10-9-12-24(27)3)30-20-18-29(19-21-30)28-14-7-6-8-15-28/h6-17,29-30H,4-5,18-23H2,1-3H3,(H,33,35). The van der Waals surface area contributed by atoms with Crippen LogP contribution in [-0.4, -0.2) is 23.5 Å². The molecule has 0 bridgehead atoms. The van der Waals surface area contributed by atoms with Crippen molar-refractivity contribution in [2.24, 2.45) is 0 Å². The molecule has 1 fully saturated rings. The molecule has 1 aliphatic carbocycles. The number of carbonyl (C=O) groups excluding carboxylic acids is 1. The van der Waals surface area contributed by atoms with Crippen molar-refractivity contribution >= 4 is 11.7 Å². The number of urea groups is 1. The van der Waals surface area contributed by atoms with Crippen LogP contribution >= 0.6 is 0 Å². The highest BCUT2D eigenvalue weighted by atomic mass is 16.2. The van der Waals surface area contributed by atoms with Gasteiger partial charge in [-0.15, -0.1) is 0 Å². The number of para-hydroxylation sites is 1. The summed E-state index contributed by atoms with van der Waals surface area (Å²) >= 11 is 0. The fourth-order valence-electron chi connectivity index (χ4n) is 5.61. The van der Waals surface area contributed by atoms with E-state index in [-0.39, 0.29) is 12.1 Å². The number of hydrogen-bond acceptors (Lipinski definition) is 1. The summed E-state index contributed by atoms with van der Waals surface area (Å²) in [7, 11) is 0. The Bertz CT molecular complexity index is 1080. The van der Waals surface area contributed by atoms with E-state index in [9.17, 15) is 4.79 Å². The second kappa shape index (κ2) is 12.1. The Balaban J connectivity index is 1.52. The van der Waals surface area contributed by atoms with Crippen LogP contribution < -0.4 is 5.32 Å². The molecule has 3 nitrogen and oxygen atoms in total. The molecule has 3 aromatic rings. The summed E-state index contributed by atoms with van der Waals surface area (Å²) in [5.74, 6) is 0.598. The van der Waals surface area contributed by atoms with Crippen LogP contribution in [-0.2, 0) is 19.3 Å². The van der Waals surface area contributed by atoms with Gasteiger partial charge in [0.2, 0.25) is 0 Å². The monoisotopic (exact) mass is 468 g/mol. The van der Waals surface area contributed by atoms with Crippen molar-refractivity contribution in [3.63, 3.8) is 0 Å². The number of carbonyl (C=O) groups is 1. The molecule has 184 valence electrons. The third-order valence-corrected chi connectivity index (χ3v) is 7.78. The lowest BCUT2D eigenvalue weighted by atomic mass is 9.81. The average molecular weight is 469 g/mol. The minimum atomic E-state index is 0.0531.